The summed E-state index contributed by atoms with van der Waals surface area (Å²) in [5.74, 6) is -0.891. The van der Waals surface area contributed by atoms with Crippen LogP contribution in [0.2, 0.25) is 0 Å². The summed E-state index contributed by atoms with van der Waals surface area (Å²) in [6.45, 7) is 5.53. The molecule has 5 heteroatoms. The van der Waals surface area contributed by atoms with Gasteiger partial charge in [-0.05, 0) is 44.0 Å². The van der Waals surface area contributed by atoms with Gasteiger partial charge in [0.2, 0.25) is 0 Å². The minimum absolute atomic E-state index is 0.329. The second-order valence-corrected chi connectivity index (χ2v) is 6.17. The van der Waals surface area contributed by atoms with E-state index in [2.05, 4.69) is 33.1 Å². The molecule has 20 heavy (non-hydrogen) atoms. The number of aromatic carboxylic acids is 1. The first kappa shape index (κ1) is 15.3. The summed E-state index contributed by atoms with van der Waals surface area (Å²) < 4.78 is 0.790. The van der Waals surface area contributed by atoms with Crippen LogP contribution < -0.4 is 5.32 Å². The number of anilines is 1. The fourth-order valence-electron chi connectivity index (χ4n) is 2.66. The molecular formula is C15H21BrN2O2. The SMILES string of the molecule is CCCN1CCC(Nc2ccc(Br)cc2C(=O)O)CC1. The van der Waals surface area contributed by atoms with Crippen LogP contribution in [0.15, 0.2) is 22.7 Å². The van der Waals surface area contributed by atoms with E-state index in [0.717, 1.165) is 42.6 Å². The van der Waals surface area contributed by atoms with Gasteiger partial charge in [0.25, 0.3) is 0 Å². The van der Waals surface area contributed by atoms with E-state index in [1.165, 1.54) is 6.42 Å². The molecule has 1 fully saturated rings. The lowest BCUT2D eigenvalue weighted by Gasteiger charge is -2.32. The maximum Gasteiger partial charge on any atom is 0.337 e. The molecule has 1 saturated heterocycles. The van der Waals surface area contributed by atoms with Crippen molar-refractivity contribution in [3.63, 3.8) is 0 Å². The molecule has 2 rings (SSSR count). The maximum atomic E-state index is 11.3. The molecule has 0 bridgehead atoms. The van der Waals surface area contributed by atoms with E-state index in [0.29, 0.717) is 11.6 Å². The number of benzene rings is 1. The van der Waals surface area contributed by atoms with Crippen LogP contribution in [0, 0.1) is 0 Å². The van der Waals surface area contributed by atoms with Crippen molar-refractivity contribution in [1.82, 2.24) is 4.90 Å². The number of carboxylic acids is 1. The predicted octanol–water partition coefficient (Wildman–Crippen LogP) is 3.43. The molecule has 1 aliphatic rings. The first-order valence-electron chi connectivity index (χ1n) is 7.12. The van der Waals surface area contributed by atoms with E-state index in [9.17, 15) is 9.90 Å². The van der Waals surface area contributed by atoms with Gasteiger partial charge in [0.1, 0.15) is 0 Å². The Hall–Kier alpha value is -1.07. The molecule has 0 aromatic heterocycles. The van der Waals surface area contributed by atoms with Crippen molar-refractivity contribution in [2.45, 2.75) is 32.2 Å². The zero-order valence-electron chi connectivity index (χ0n) is 11.7. The van der Waals surface area contributed by atoms with Crippen LogP contribution in [-0.4, -0.2) is 41.7 Å². The van der Waals surface area contributed by atoms with E-state index < -0.39 is 5.97 Å². The van der Waals surface area contributed by atoms with Gasteiger partial charge in [0, 0.05) is 29.3 Å². The second kappa shape index (κ2) is 7.09. The van der Waals surface area contributed by atoms with Crippen LogP contribution in [0.25, 0.3) is 0 Å². The summed E-state index contributed by atoms with van der Waals surface area (Å²) in [5, 5.41) is 12.7. The molecule has 0 radical (unpaired) electrons. The highest BCUT2D eigenvalue weighted by molar-refractivity contribution is 9.10. The number of hydrogen-bond acceptors (Lipinski definition) is 3. The third kappa shape index (κ3) is 3.96. The fourth-order valence-corrected chi connectivity index (χ4v) is 3.02. The van der Waals surface area contributed by atoms with Gasteiger partial charge in [0.05, 0.1) is 5.56 Å². The Morgan fingerprint density at radius 1 is 1.45 bits per heavy atom. The predicted molar refractivity (Wildman–Crippen MR) is 84.5 cm³/mol. The van der Waals surface area contributed by atoms with Crippen LogP contribution in [0.4, 0.5) is 5.69 Å². The number of piperidine rings is 1. The lowest BCUT2D eigenvalue weighted by Crippen LogP contribution is -2.39. The monoisotopic (exact) mass is 340 g/mol. The molecular weight excluding hydrogens is 320 g/mol. The number of nitrogens with one attached hydrogen (secondary N) is 1. The van der Waals surface area contributed by atoms with E-state index >= 15 is 0 Å². The van der Waals surface area contributed by atoms with Gasteiger partial charge < -0.3 is 15.3 Å². The Morgan fingerprint density at radius 2 is 2.15 bits per heavy atom. The minimum Gasteiger partial charge on any atom is -0.478 e. The Morgan fingerprint density at radius 3 is 2.75 bits per heavy atom. The van der Waals surface area contributed by atoms with E-state index in [-0.39, 0.29) is 0 Å². The van der Waals surface area contributed by atoms with E-state index in [1.807, 2.05) is 12.1 Å². The molecule has 0 aliphatic carbocycles. The van der Waals surface area contributed by atoms with Crippen molar-refractivity contribution in [3.05, 3.63) is 28.2 Å². The largest absolute Gasteiger partial charge is 0.478 e. The van der Waals surface area contributed by atoms with Crippen LogP contribution in [0.1, 0.15) is 36.5 Å². The van der Waals surface area contributed by atoms with Crippen molar-refractivity contribution in [3.8, 4) is 0 Å². The Balaban J connectivity index is 1.99. The zero-order chi connectivity index (χ0) is 14.5. The zero-order valence-corrected chi connectivity index (χ0v) is 13.3. The summed E-state index contributed by atoms with van der Waals surface area (Å²) in [5.41, 5.74) is 1.05. The molecule has 1 heterocycles. The van der Waals surface area contributed by atoms with Gasteiger partial charge in [0.15, 0.2) is 0 Å². The van der Waals surface area contributed by atoms with Crippen molar-refractivity contribution < 1.29 is 9.90 Å². The average Bonchev–Trinajstić information content (AvgIpc) is 2.43. The molecule has 0 spiro atoms. The fraction of sp³-hybridized carbons (Fsp3) is 0.533. The third-order valence-corrected chi connectivity index (χ3v) is 4.19. The Bertz CT molecular complexity index is 471. The quantitative estimate of drug-likeness (QED) is 0.862. The molecule has 0 amide bonds. The highest BCUT2D eigenvalue weighted by Gasteiger charge is 2.20. The minimum atomic E-state index is -0.891. The van der Waals surface area contributed by atoms with Crippen molar-refractivity contribution >= 4 is 27.6 Å². The van der Waals surface area contributed by atoms with Crippen LogP contribution in [-0.2, 0) is 0 Å². The number of carboxylic acid groups (broad SMARTS) is 1. The number of halogens is 1. The number of hydrogen-bond donors (Lipinski definition) is 2. The highest BCUT2D eigenvalue weighted by atomic mass is 79.9. The van der Waals surface area contributed by atoms with Crippen LogP contribution in [0.5, 0.6) is 0 Å². The molecule has 110 valence electrons. The van der Waals surface area contributed by atoms with Crippen molar-refractivity contribution in [2.24, 2.45) is 0 Å². The average molecular weight is 341 g/mol. The molecule has 0 saturated carbocycles. The first-order chi connectivity index (χ1) is 9.60. The molecule has 1 aromatic carbocycles. The summed E-state index contributed by atoms with van der Waals surface area (Å²) in [6, 6.07) is 5.73. The van der Waals surface area contributed by atoms with Gasteiger partial charge in [-0.3, -0.25) is 0 Å². The Labute approximate surface area is 128 Å². The number of carbonyl (C=O) groups is 1. The van der Waals surface area contributed by atoms with Crippen molar-refractivity contribution in [1.29, 1.82) is 0 Å². The highest BCUT2D eigenvalue weighted by Crippen LogP contribution is 2.24. The third-order valence-electron chi connectivity index (χ3n) is 3.70. The van der Waals surface area contributed by atoms with Gasteiger partial charge in [-0.15, -0.1) is 0 Å². The molecule has 1 aliphatic heterocycles. The number of nitrogens with zero attached hydrogens (tertiary/aromatic N) is 1. The van der Waals surface area contributed by atoms with Crippen molar-refractivity contribution in [2.75, 3.05) is 25.0 Å². The Kier molecular flexibility index (Phi) is 5.43. The summed E-state index contributed by atoms with van der Waals surface area (Å²) in [7, 11) is 0. The van der Waals surface area contributed by atoms with Crippen LogP contribution in [0.3, 0.4) is 0 Å². The number of rotatable bonds is 5. The van der Waals surface area contributed by atoms with Crippen LogP contribution >= 0.6 is 15.9 Å². The van der Waals surface area contributed by atoms with Gasteiger partial charge in [-0.2, -0.15) is 0 Å². The molecule has 2 N–H and O–H groups in total. The summed E-state index contributed by atoms with van der Waals surface area (Å²) >= 11 is 3.32. The lowest BCUT2D eigenvalue weighted by molar-refractivity contribution is 0.0697. The molecule has 0 unspecified atom stereocenters. The maximum absolute atomic E-state index is 11.3. The molecule has 4 nitrogen and oxygen atoms in total. The summed E-state index contributed by atoms with van der Waals surface area (Å²) in [4.78, 5) is 13.8. The van der Waals surface area contributed by atoms with E-state index in [4.69, 9.17) is 0 Å². The lowest BCUT2D eigenvalue weighted by atomic mass is 10.0. The standard InChI is InChI=1S/C15H21BrN2O2/c1-2-7-18-8-5-12(6-9-18)17-14-4-3-11(16)10-13(14)15(19)20/h3-4,10,12,17H,2,5-9H2,1H3,(H,19,20). The van der Waals surface area contributed by atoms with Gasteiger partial charge >= 0.3 is 5.97 Å². The summed E-state index contributed by atoms with van der Waals surface area (Å²) in [6.07, 6.45) is 3.32. The number of likely N-dealkylation sites (tertiary alicyclic amines) is 1. The molecule has 1 aromatic rings. The second-order valence-electron chi connectivity index (χ2n) is 5.26. The first-order valence-corrected chi connectivity index (χ1v) is 7.91. The smallest absolute Gasteiger partial charge is 0.337 e. The molecule has 0 atom stereocenters. The van der Waals surface area contributed by atoms with E-state index in [1.54, 1.807) is 6.07 Å². The normalized spacial score (nSPS) is 17.1. The topological polar surface area (TPSA) is 52.6 Å². The van der Waals surface area contributed by atoms with Gasteiger partial charge in [-0.25, -0.2) is 4.79 Å². The van der Waals surface area contributed by atoms with Gasteiger partial charge in [-0.1, -0.05) is 22.9 Å².